The van der Waals surface area contributed by atoms with E-state index in [0.29, 0.717) is 5.56 Å². The summed E-state index contributed by atoms with van der Waals surface area (Å²) in [5.74, 6) is 0. The topological polar surface area (TPSA) is 17.1 Å². The molecule has 0 aliphatic heterocycles. The molecule has 0 aromatic heterocycles. The Kier molecular flexibility index (Phi) is 2.74. The van der Waals surface area contributed by atoms with Crippen molar-refractivity contribution in [3.8, 4) is 0 Å². The van der Waals surface area contributed by atoms with Crippen LogP contribution in [0.5, 0.6) is 0 Å². The van der Waals surface area contributed by atoms with E-state index in [4.69, 9.17) is 11.6 Å². The third-order valence-electron chi connectivity index (χ3n) is 2.61. The highest BCUT2D eigenvalue weighted by Crippen LogP contribution is 2.24. The smallest absolute Gasteiger partial charge is 0.253 e. The fourth-order valence-corrected chi connectivity index (χ4v) is 2.01. The van der Waals surface area contributed by atoms with Crippen LogP contribution in [0.2, 0.25) is 0 Å². The van der Waals surface area contributed by atoms with E-state index in [1.807, 2.05) is 30.3 Å². The van der Waals surface area contributed by atoms with Crippen molar-refractivity contribution >= 4 is 27.6 Å². The van der Waals surface area contributed by atoms with Gasteiger partial charge in [0.2, 0.25) is 0 Å². The highest BCUT2D eigenvalue weighted by atomic mass is 35.5. The molecule has 0 fully saturated rings. The number of halogens is 1. The van der Waals surface area contributed by atoms with E-state index in [9.17, 15) is 4.79 Å². The van der Waals surface area contributed by atoms with Crippen molar-refractivity contribution in [2.24, 2.45) is 0 Å². The number of benzene rings is 2. The van der Waals surface area contributed by atoms with Crippen LogP contribution in [-0.4, -0.2) is 5.24 Å². The molecule has 0 unspecified atom stereocenters. The second kappa shape index (κ2) is 4.03. The molecular weight excluding hydrogens is 208 g/mol. The summed E-state index contributed by atoms with van der Waals surface area (Å²) in [6.45, 7) is 2.10. The third kappa shape index (κ3) is 1.75. The Morgan fingerprint density at radius 1 is 1.13 bits per heavy atom. The molecule has 76 valence electrons. The Bertz CT molecular complexity index is 517. The minimum absolute atomic E-state index is 0.395. The normalized spacial score (nSPS) is 10.5. The standard InChI is InChI=1S/C13H11ClO/c1-2-9-7-8-12(13(14)15)11-6-4-3-5-10(9)11/h3-8H,2H2,1H3. The van der Waals surface area contributed by atoms with Gasteiger partial charge in [-0.15, -0.1) is 0 Å². The number of carbonyl (C=O) groups excluding carboxylic acids is 1. The van der Waals surface area contributed by atoms with Gasteiger partial charge in [0.05, 0.1) is 0 Å². The summed E-state index contributed by atoms with van der Waals surface area (Å²) in [5.41, 5.74) is 1.83. The molecule has 0 aliphatic carbocycles. The summed E-state index contributed by atoms with van der Waals surface area (Å²) in [4.78, 5) is 11.2. The van der Waals surface area contributed by atoms with Crippen molar-refractivity contribution in [3.05, 3.63) is 47.5 Å². The van der Waals surface area contributed by atoms with Crippen LogP contribution in [0.25, 0.3) is 10.8 Å². The summed E-state index contributed by atoms with van der Waals surface area (Å²) in [6.07, 6.45) is 0.956. The zero-order chi connectivity index (χ0) is 10.8. The molecule has 2 aromatic carbocycles. The van der Waals surface area contributed by atoms with E-state index in [2.05, 4.69) is 6.92 Å². The molecule has 2 aromatic rings. The number of hydrogen-bond acceptors (Lipinski definition) is 1. The molecule has 0 heterocycles. The fraction of sp³-hybridized carbons (Fsp3) is 0.154. The van der Waals surface area contributed by atoms with Crippen LogP contribution in [0.4, 0.5) is 0 Å². The van der Waals surface area contributed by atoms with Gasteiger partial charge in [-0.1, -0.05) is 37.3 Å². The number of hydrogen-bond donors (Lipinski definition) is 0. The SMILES string of the molecule is CCc1ccc(C(=O)Cl)c2ccccc12. The van der Waals surface area contributed by atoms with Gasteiger partial charge >= 0.3 is 0 Å². The van der Waals surface area contributed by atoms with Crippen molar-refractivity contribution < 1.29 is 4.79 Å². The average Bonchev–Trinajstić information content (AvgIpc) is 2.27. The van der Waals surface area contributed by atoms with Gasteiger partial charge in [-0.2, -0.15) is 0 Å². The van der Waals surface area contributed by atoms with Gasteiger partial charge in [0.15, 0.2) is 0 Å². The molecule has 0 spiro atoms. The predicted octanol–water partition coefficient (Wildman–Crippen LogP) is 3.78. The summed E-state index contributed by atoms with van der Waals surface area (Å²) in [6, 6.07) is 11.6. The lowest BCUT2D eigenvalue weighted by atomic mass is 9.99. The summed E-state index contributed by atoms with van der Waals surface area (Å²) < 4.78 is 0. The first kappa shape index (κ1) is 10.2. The minimum Gasteiger partial charge on any atom is -0.276 e. The van der Waals surface area contributed by atoms with Gasteiger partial charge < -0.3 is 0 Å². The van der Waals surface area contributed by atoms with Crippen molar-refractivity contribution in [2.75, 3.05) is 0 Å². The van der Waals surface area contributed by atoms with Crippen LogP contribution in [-0.2, 0) is 6.42 Å². The molecule has 0 amide bonds. The van der Waals surface area contributed by atoms with E-state index < -0.39 is 5.24 Å². The molecule has 15 heavy (non-hydrogen) atoms. The molecule has 0 atom stereocenters. The zero-order valence-corrected chi connectivity index (χ0v) is 9.21. The Balaban J connectivity index is 2.83. The van der Waals surface area contributed by atoms with Crippen molar-refractivity contribution in [2.45, 2.75) is 13.3 Å². The summed E-state index contributed by atoms with van der Waals surface area (Å²) in [5, 5.41) is 1.66. The molecule has 0 saturated carbocycles. The second-order valence-corrected chi connectivity index (χ2v) is 3.79. The van der Waals surface area contributed by atoms with Gasteiger partial charge in [0.1, 0.15) is 0 Å². The van der Waals surface area contributed by atoms with Gasteiger partial charge in [-0.05, 0) is 40.4 Å². The molecule has 2 rings (SSSR count). The third-order valence-corrected chi connectivity index (χ3v) is 2.81. The summed E-state index contributed by atoms with van der Waals surface area (Å²) in [7, 11) is 0. The lowest BCUT2D eigenvalue weighted by Gasteiger charge is -2.06. The molecule has 0 bridgehead atoms. The quantitative estimate of drug-likeness (QED) is 0.701. The molecule has 1 nitrogen and oxygen atoms in total. The van der Waals surface area contributed by atoms with Crippen molar-refractivity contribution in [1.29, 1.82) is 0 Å². The Morgan fingerprint density at radius 2 is 1.80 bits per heavy atom. The molecule has 2 heteroatoms. The number of carbonyl (C=O) groups is 1. The highest BCUT2D eigenvalue weighted by molar-refractivity contribution is 6.68. The maximum absolute atomic E-state index is 11.2. The van der Waals surface area contributed by atoms with Crippen LogP contribution >= 0.6 is 11.6 Å². The first-order chi connectivity index (χ1) is 7.24. The van der Waals surface area contributed by atoms with Crippen molar-refractivity contribution in [1.82, 2.24) is 0 Å². The summed E-state index contributed by atoms with van der Waals surface area (Å²) >= 11 is 5.54. The van der Waals surface area contributed by atoms with E-state index in [0.717, 1.165) is 17.2 Å². The first-order valence-electron chi connectivity index (χ1n) is 4.94. The van der Waals surface area contributed by atoms with Crippen LogP contribution in [0.1, 0.15) is 22.8 Å². The van der Waals surface area contributed by atoms with E-state index in [1.54, 1.807) is 6.07 Å². The Morgan fingerprint density at radius 3 is 2.40 bits per heavy atom. The van der Waals surface area contributed by atoms with E-state index in [1.165, 1.54) is 5.56 Å². The minimum atomic E-state index is -0.395. The van der Waals surface area contributed by atoms with E-state index >= 15 is 0 Å². The Labute approximate surface area is 93.7 Å². The van der Waals surface area contributed by atoms with Crippen LogP contribution < -0.4 is 0 Å². The maximum Gasteiger partial charge on any atom is 0.253 e. The number of fused-ring (bicyclic) bond motifs is 1. The fourth-order valence-electron chi connectivity index (χ4n) is 1.84. The van der Waals surface area contributed by atoms with Crippen LogP contribution in [0.3, 0.4) is 0 Å². The molecule has 0 aliphatic rings. The number of rotatable bonds is 2. The number of aryl methyl sites for hydroxylation is 1. The second-order valence-electron chi connectivity index (χ2n) is 3.45. The van der Waals surface area contributed by atoms with Gasteiger partial charge in [0.25, 0.3) is 5.24 Å². The molecular formula is C13H11ClO. The average molecular weight is 219 g/mol. The lowest BCUT2D eigenvalue weighted by molar-refractivity contribution is 0.108. The molecule has 0 saturated heterocycles. The molecule has 0 N–H and O–H groups in total. The van der Waals surface area contributed by atoms with E-state index in [-0.39, 0.29) is 0 Å². The first-order valence-corrected chi connectivity index (χ1v) is 5.32. The largest absolute Gasteiger partial charge is 0.276 e. The predicted molar refractivity (Wildman–Crippen MR) is 63.5 cm³/mol. The monoisotopic (exact) mass is 218 g/mol. The Hall–Kier alpha value is -1.34. The molecule has 0 radical (unpaired) electrons. The van der Waals surface area contributed by atoms with Gasteiger partial charge in [-0.3, -0.25) is 4.79 Å². The highest BCUT2D eigenvalue weighted by Gasteiger charge is 2.08. The van der Waals surface area contributed by atoms with Crippen LogP contribution in [0.15, 0.2) is 36.4 Å². The zero-order valence-electron chi connectivity index (χ0n) is 8.46. The van der Waals surface area contributed by atoms with Gasteiger partial charge in [-0.25, -0.2) is 0 Å². The van der Waals surface area contributed by atoms with Crippen molar-refractivity contribution in [3.63, 3.8) is 0 Å². The lowest BCUT2D eigenvalue weighted by Crippen LogP contribution is -1.93. The van der Waals surface area contributed by atoms with Crippen LogP contribution in [0, 0.1) is 0 Å². The van der Waals surface area contributed by atoms with Gasteiger partial charge in [0, 0.05) is 5.56 Å². The maximum atomic E-state index is 11.2.